The van der Waals surface area contributed by atoms with Gasteiger partial charge in [0.1, 0.15) is 0 Å². The molecule has 3 aromatic rings. The highest BCUT2D eigenvalue weighted by Gasteiger charge is 2.03. The highest BCUT2D eigenvalue weighted by atomic mass is 16.4. The number of aromatic nitrogens is 1. The van der Waals surface area contributed by atoms with E-state index in [1.54, 1.807) is 6.08 Å². The van der Waals surface area contributed by atoms with Crippen LogP contribution in [-0.4, -0.2) is 15.6 Å². The Morgan fingerprint density at radius 2 is 1.86 bits per heavy atom. The molecule has 22 heavy (non-hydrogen) atoms. The Bertz CT molecular complexity index is 816. The Morgan fingerprint density at radius 3 is 2.64 bits per heavy atom. The lowest BCUT2D eigenvalue weighted by Gasteiger charge is -2.06. The van der Waals surface area contributed by atoms with Gasteiger partial charge in [0, 0.05) is 24.3 Å². The van der Waals surface area contributed by atoms with Crippen LogP contribution in [0, 0.1) is 0 Å². The fourth-order valence-electron chi connectivity index (χ4n) is 2.59. The van der Waals surface area contributed by atoms with Crippen LogP contribution in [0.3, 0.4) is 0 Å². The molecule has 0 saturated carbocycles. The molecule has 0 spiro atoms. The van der Waals surface area contributed by atoms with E-state index in [9.17, 15) is 4.79 Å². The maximum Gasteiger partial charge on any atom is 0.327 e. The molecule has 0 bridgehead atoms. The molecule has 0 radical (unpaired) electrons. The number of hydrogen-bond donors (Lipinski definition) is 1. The predicted octanol–water partition coefficient (Wildman–Crippen LogP) is 3.87. The van der Waals surface area contributed by atoms with Crippen molar-refractivity contribution in [2.24, 2.45) is 0 Å². The highest BCUT2D eigenvalue weighted by Crippen LogP contribution is 2.19. The molecule has 0 saturated heterocycles. The quantitative estimate of drug-likeness (QED) is 0.725. The van der Waals surface area contributed by atoms with Gasteiger partial charge >= 0.3 is 5.97 Å². The average molecular weight is 291 g/mol. The first-order valence-corrected chi connectivity index (χ1v) is 7.23. The molecule has 1 aromatic heterocycles. The van der Waals surface area contributed by atoms with E-state index < -0.39 is 5.97 Å². The molecule has 1 N–H and O–H groups in total. The Kier molecular flexibility index (Phi) is 4.05. The molecule has 0 amide bonds. The standard InChI is InChI=1S/C19H17NO2/c21-19(22)8-4-7-15-9-10-18-17(13-15)11-12-20(18)14-16-5-2-1-3-6-16/h1-6,8-13H,7,14H2,(H,21,22). The van der Waals surface area contributed by atoms with Crippen LogP contribution >= 0.6 is 0 Å². The summed E-state index contributed by atoms with van der Waals surface area (Å²) >= 11 is 0. The topological polar surface area (TPSA) is 42.2 Å². The zero-order valence-corrected chi connectivity index (χ0v) is 12.1. The van der Waals surface area contributed by atoms with Crippen LogP contribution in [0.1, 0.15) is 11.1 Å². The Labute approximate surface area is 129 Å². The third-order valence-corrected chi connectivity index (χ3v) is 3.65. The van der Waals surface area contributed by atoms with Crippen molar-refractivity contribution >= 4 is 16.9 Å². The number of fused-ring (bicyclic) bond motifs is 1. The molecule has 0 aliphatic rings. The van der Waals surface area contributed by atoms with Gasteiger partial charge in [-0.05, 0) is 41.1 Å². The molecule has 0 aliphatic carbocycles. The second kappa shape index (κ2) is 6.31. The zero-order chi connectivity index (χ0) is 15.4. The van der Waals surface area contributed by atoms with Crippen molar-refractivity contribution in [3.8, 4) is 0 Å². The normalized spacial score (nSPS) is 11.3. The van der Waals surface area contributed by atoms with Crippen molar-refractivity contribution in [1.82, 2.24) is 4.57 Å². The maximum atomic E-state index is 10.5. The molecular weight excluding hydrogens is 274 g/mol. The lowest BCUT2D eigenvalue weighted by atomic mass is 10.1. The van der Waals surface area contributed by atoms with Crippen LogP contribution in [0.25, 0.3) is 10.9 Å². The van der Waals surface area contributed by atoms with Gasteiger partial charge in [0.25, 0.3) is 0 Å². The van der Waals surface area contributed by atoms with Crippen LogP contribution in [0.2, 0.25) is 0 Å². The summed E-state index contributed by atoms with van der Waals surface area (Å²) in [6.07, 6.45) is 5.58. The summed E-state index contributed by atoms with van der Waals surface area (Å²) in [6.45, 7) is 0.850. The molecule has 0 unspecified atom stereocenters. The summed E-state index contributed by atoms with van der Waals surface area (Å²) < 4.78 is 2.22. The van der Waals surface area contributed by atoms with E-state index in [0.717, 1.165) is 12.1 Å². The summed E-state index contributed by atoms with van der Waals surface area (Å²) in [4.78, 5) is 10.5. The first-order valence-electron chi connectivity index (χ1n) is 7.23. The van der Waals surface area contributed by atoms with Crippen LogP contribution in [0.15, 0.2) is 72.9 Å². The highest BCUT2D eigenvalue weighted by molar-refractivity contribution is 5.81. The maximum absolute atomic E-state index is 10.5. The molecule has 0 aliphatic heterocycles. The number of nitrogens with zero attached hydrogens (tertiary/aromatic N) is 1. The minimum Gasteiger partial charge on any atom is -0.478 e. The van der Waals surface area contributed by atoms with E-state index in [1.165, 1.54) is 22.5 Å². The molecule has 3 rings (SSSR count). The first kappa shape index (κ1) is 14.1. The number of allylic oxidation sites excluding steroid dienone is 1. The van der Waals surface area contributed by atoms with E-state index in [1.807, 2.05) is 18.2 Å². The van der Waals surface area contributed by atoms with Crippen LogP contribution in [-0.2, 0) is 17.8 Å². The van der Waals surface area contributed by atoms with Crippen LogP contribution in [0.4, 0.5) is 0 Å². The van der Waals surface area contributed by atoms with Crippen molar-refractivity contribution in [1.29, 1.82) is 0 Å². The van der Waals surface area contributed by atoms with Crippen molar-refractivity contribution in [3.05, 3.63) is 84.1 Å². The second-order valence-electron chi connectivity index (χ2n) is 5.27. The van der Waals surface area contributed by atoms with Gasteiger partial charge in [0.05, 0.1) is 0 Å². The smallest absolute Gasteiger partial charge is 0.327 e. The van der Waals surface area contributed by atoms with Crippen molar-refractivity contribution < 1.29 is 9.90 Å². The lowest BCUT2D eigenvalue weighted by Crippen LogP contribution is -1.97. The van der Waals surface area contributed by atoms with E-state index in [0.29, 0.717) is 6.42 Å². The number of benzene rings is 2. The van der Waals surface area contributed by atoms with E-state index in [4.69, 9.17) is 5.11 Å². The zero-order valence-electron chi connectivity index (χ0n) is 12.1. The SMILES string of the molecule is O=C(O)C=CCc1ccc2c(ccn2Cc2ccccc2)c1. The van der Waals surface area contributed by atoms with Gasteiger partial charge in [-0.3, -0.25) is 0 Å². The van der Waals surface area contributed by atoms with Gasteiger partial charge in [-0.1, -0.05) is 42.5 Å². The van der Waals surface area contributed by atoms with Crippen molar-refractivity contribution in [3.63, 3.8) is 0 Å². The van der Waals surface area contributed by atoms with Gasteiger partial charge in [-0.15, -0.1) is 0 Å². The number of hydrogen-bond acceptors (Lipinski definition) is 1. The number of carboxylic acid groups (broad SMARTS) is 1. The molecule has 0 atom stereocenters. The van der Waals surface area contributed by atoms with E-state index in [2.05, 4.69) is 47.2 Å². The first-order chi connectivity index (χ1) is 10.7. The van der Waals surface area contributed by atoms with E-state index in [-0.39, 0.29) is 0 Å². The molecule has 110 valence electrons. The second-order valence-corrected chi connectivity index (χ2v) is 5.27. The fourth-order valence-corrected chi connectivity index (χ4v) is 2.59. The van der Waals surface area contributed by atoms with Gasteiger partial charge < -0.3 is 9.67 Å². The Hall–Kier alpha value is -2.81. The number of carboxylic acids is 1. The molecule has 0 fully saturated rings. The molecule has 1 heterocycles. The molecule has 3 heteroatoms. The number of rotatable bonds is 5. The number of aliphatic carboxylic acids is 1. The summed E-state index contributed by atoms with van der Waals surface area (Å²) in [5, 5.41) is 9.79. The third-order valence-electron chi connectivity index (χ3n) is 3.65. The summed E-state index contributed by atoms with van der Waals surface area (Å²) in [6, 6.07) is 18.7. The third kappa shape index (κ3) is 3.26. The minimum absolute atomic E-state index is 0.631. The average Bonchev–Trinajstić information content (AvgIpc) is 2.90. The minimum atomic E-state index is -0.907. The Balaban J connectivity index is 1.82. The van der Waals surface area contributed by atoms with Crippen LogP contribution in [0.5, 0.6) is 0 Å². The summed E-state index contributed by atoms with van der Waals surface area (Å²) in [5.74, 6) is -0.907. The molecule has 3 nitrogen and oxygen atoms in total. The van der Waals surface area contributed by atoms with Crippen molar-refractivity contribution in [2.75, 3.05) is 0 Å². The fraction of sp³-hybridized carbons (Fsp3) is 0.105. The largest absolute Gasteiger partial charge is 0.478 e. The van der Waals surface area contributed by atoms with Gasteiger partial charge in [0.2, 0.25) is 0 Å². The number of carbonyl (C=O) groups is 1. The van der Waals surface area contributed by atoms with Gasteiger partial charge in [-0.2, -0.15) is 0 Å². The van der Waals surface area contributed by atoms with E-state index >= 15 is 0 Å². The van der Waals surface area contributed by atoms with Gasteiger partial charge in [0.15, 0.2) is 0 Å². The molecule has 2 aromatic carbocycles. The van der Waals surface area contributed by atoms with Crippen LogP contribution < -0.4 is 0 Å². The monoisotopic (exact) mass is 291 g/mol. The van der Waals surface area contributed by atoms with Crippen molar-refractivity contribution in [2.45, 2.75) is 13.0 Å². The predicted molar refractivity (Wildman–Crippen MR) is 88.0 cm³/mol. The summed E-state index contributed by atoms with van der Waals surface area (Å²) in [7, 11) is 0. The lowest BCUT2D eigenvalue weighted by molar-refractivity contribution is -0.131. The molecular formula is C19H17NO2. The van der Waals surface area contributed by atoms with Gasteiger partial charge in [-0.25, -0.2) is 4.79 Å². The Morgan fingerprint density at radius 1 is 1.05 bits per heavy atom. The summed E-state index contributed by atoms with van der Waals surface area (Å²) in [5.41, 5.74) is 3.57.